The van der Waals surface area contributed by atoms with Crippen molar-refractivity contribution in [1.82, 2.24) is 19.5 Å². The number of nitrogens with zero attached hydrogens (tertiary/aromatic N) is 5. The second-order valence-electron chi connectivity index (χ2n) is 8.36. The molecular formula is C24H20F3N5O3. The van der Waals surface area contributed by atoms with Gasteiger partial charge in [-0.1, -0.05) is 0 Å². The number of urea groups is 1. The van der Waals surface area contributed by atoms with Crippen LogP contribution in [0.5, 0.6) is 5.75 Å². The molecule has 2 aromatic heterocycles. The zero-order valence-electron chi connectivity index (χ0n) is 18.6. The zero-order valence-corrected chi connectivity index (χ0v) is 18.6. The number of aromatic nitrogens is 2. The van der Waals surface area contributed by atoms with Crippen molar-refractivity contribution in [3.63, 3.8) is 0 Å². The molecule has 0 aliphatic carbocycles. The van der Waals surface area contributed by atoms with Crippen molar-refractivity contribution in [3.05, 3.63) is 82.2 Å². The van der Waals surface area contributed by atoms with E-state index in [4.69, 9.17) is 4.74 Å². The maximum atomic E-state index is 14.4. The minimum atomic E-state index is -0.733. The molecule has 35 heavy (non-hydrogen) atoms. The first-order valence-corrected chi connectivity index (χ1v) is 10.8. The summed E-state index contributed by atoms with van der Waals surface area (Å²) in [6, 6.07) is 6.68. The Kier molecular flexibility index (Phi) is 5.75. The molecule has 0 radical (unpaired) electrons. The summed E-state index contributed by atoms with van der Waals surface area (Å²) in [5, 5.41) is 5.25. The number of pyridine rings is 2. The first-order chi connectivity index (χ1) is 16.8. The molecule has 2 aliphatic rings. The molecule has 1 fully saturated rings. The van der Waals surface area contributed by atoms with Gasteiger partial charge in [0.25, 0.3) is 5.56 Å². The summed E-state index contributed by atoms with van der Waals surface area (Å²) in [7, 11) is 1.60. The normalized spacial score (nSPS) is 17.5. The van der Waals surface area contributed by atoms with Gasteiger partial charge in [0.05, 0.1) is 36.6 Å². The van der Waals surface area contributed by atoms with Gasteiger partial charge >= 0.3 is 6.03 Å². The highest BCUT2D eigenvalue weighted by atomic mass is 19.1. The molecule has 4 heterocycles. The van der Waals surface area contributed by atoms with Crippen LogP contribution in [0.25, 0.3) is 11.3 Å². The average molecular weight is 483 g/mol. The molecule has 3 aromatic rings. The van der Waals surface area contributed by atoms with E-state index < -0.39 is 35.6 Å². The van der Waals surface area contributed by atoms with Crippen LogP contribution in [-0.2, 0) is 7.05 Å². The lowest BCUT2D eigenvalue weighted by Crippen LogP contribution is -2.58. The van der Waals surface area contributed by atoms with E-state index in [2.05, 4.69) is 10.1 Å². The van der Waals surface area contributed by atoms with E-state index in [1.54, 1.807) is 25.4 Å². The molecule has 0 bridgehead atoms. The predicted molar refractivity (Wildman–Crippen MR) is 120 cm³/mol. The van der Waals surface area contributed by atoms with Crippen molar-refractivity contribution < 1.29 is 22.7 Å². The summed E-state index contributed by atoms with van der Waals surface area (Å²) in [6.07, 6.45) is 3.94. The van der Waals surface area contributed by atoms with Crippen molar-refractivity contribution in [3.8, 4) is 17.0 Å². The number of amides is 2. The maximum Gasteiger partial charge on any atom is 0.341 e. The Morgan fingerprint density at radius 2 is 1.86 bits per heavy atom. The van der Waals surface area contributed by atoms with Crippen LogP contribution in [0.2, 0.25) is 0 Å². The third kappa shape index (κ3) is 4.36. The molecule has 1 aromatic carbocycles. The second kappa shape index (κ2) is 8.90. The predicted octanol–water partition coefficient (Wildman–Crippen LogP) is 3.48. The Morgan fingerprint density at radius 1 is 1.11 bits per heavy atom. The van der Waals surface area contributed by atoms with Gasteiger partial charge in [-0.25, -0.2) is 23.0 Å². The third-order valence-corrected chi connectivity index (χ3v) is 5.93. The lowest BCUT2D eigenvalue weighted by atomic mass is 10.0. The van der Waals surface area contributed by atoms with Crippen LogP contribution < -0.4 is 10.3 Å². The standard InChI is InChI=1S/C24H20F3N5O3/c1-30-6-2-3-18(23(30)33)20-10-22(19(27)11-28-20)35-17-12-31(13-17)24(34)32-21(4-5-29-32)14-7-15(25)9-16(26)8-14/h2-3,5-11,17,21H,4,12-13H2,1H3/t21-/m0/s1. The summed E-state index contributed by atoms with van der Waals surface area (Å²) < 4.78 is 48.8. The van der Waals surface area contributed by atoms with Crippen LogP contribution in [0.15, 0.2) is 58.7 Å². The SMILES string of the molecule is Cn1cccc(-c2cc(OC3CN(C(=O)N4N=CC[C@H]4c4cc(F)cc(F)c4)C3)c(F)cn2)c1=O. The van der Waals surface area contributed by atoms with Crippen LogP contribution in [0.1, 0.15) is 18.0 Å². The molecule has 0 unspecified atom stereocenters. The van der Waals surface area contributed by atoms with Gasteiger partial charge in [-0.3, -0.25) is 9.78 Å². The second-order valence-corrected chi connectivity index (χ2v) is 8.36. The highest BCUT2D eigenvalue weighted by molar-refractivity contribution is 5.79. The molecule has 5 rings (SSSR count). The zero-order chi connectivity index (χ0) is 24.7. The van der Waals surface area contributed by atoms with Crippen LogP contribution in [0.4, 0.5) is 18.0 Å². The summed E-state index contributed by atoms with van der Waals surface area (Å²) in [4.78, 5) is 30.7. The molecule has 180 valence electrons. The van der Waals surface area contributed by atoms with Crippen LogP contribution in [-0.4, -0.2) is 50.9 Å². The molecule has 1 saturated heterocycles. The van der Waals surface area contributed by atoms with E-state index in [1.165, 1.54) is 38.9 Å². The van der Waals surface area contributed by atoms with Crippen LogP contribution in [0.3, 0.4) is 0 Å². The number of carbonyl (C=O) groups is 1. The number of ether oxygens (including phenoxy) is 1. The van der Waals surface area contributed by atoms with E-state index in [0.717, 1.165) is 12.3 Å². The first kappa shape index (κ1) is 22.6. The largest absolute Gasteiger partial charge is 0.483 e. The van der Waals surface area contributed by atoms with Crippen molar-refractivity contribution in [2.45, 2.75) is 18.6 Å². The molecule has 0 spiro atoms. The van der Waals surface area contributed by atoms with Gasteiger partial charge < -0.3 is 14.2 Å². The summed E-state index contributed by atoms with van der Waals surface area (Å²) in [5.41, 5.74) is 0.598. The Labute approximate surface area is 197 Å². The number of carbonyl (C=O) groups excluding carboxylic acids is 1. The number of aryl methyl sites for hydroxylation is 1. The van der Waals surface area contributed by atoms with Crippen LogP contribution >= 0.6 is 0 Å². The van der Waals surface area contributed by atoms with Crippen molar-refractivity contribution in [2.75, 3.05) is 13.1 Å². The highest BCUT2D eigenvalue weighted by Gasteiger charge is 2.39. The highest BCUT2D eigenvalue weighted by Crippen LogP contribution is 2.32. The lowest BCUT2D eigenvalue weighted by molar-refractivity contribution is 0.0256. The van der Waals surface area contributed by atoms with Gasteiger partial charge in [0, 0.05) is 38.0 Å². The first-order valence-electron chi connectivity index (χ1n) is 10.8. The number of hydrogen-bond donors (Lipinski definition) is 0. The Morgan fingerprint density at radius 3 is 2.60 bits per heavy atom. The van der Waals surface area contributed by atoms with Gasteiger partial charge in [0.1, 0.15) is 17.7 Å². The fourth-order valence-electron chi connectivity index (χ4n) is 4.09. The molecule has 0 N–H and O–H groups in total. The fraction of sp³-hybridized carbons (Fsp3) is 0.250. The van der Waals surface area contributed by atoms with Crippen molar-refractivity contribution >= 4 is 12.2 Å². The number of benzene rings is 1. The number of hydrogen-bond acceptors (Lipinski definition) is 5. The Balaban J connectivity index is 1.26. The summed E-state index contributed by atoms with van der Waals surface area (Å²) in [5.74, 6) is -2.23. The molecule has 1 atom stereocenters. The monoisotopic (exact) mass is 483 g/mol. The lowest BCUT2D eigenvalue weighted by Gasteiger charge is -2.41. The molecule has 0 saturated carbocycles. The van der Waals surface area contributed by atoms with Gasteiger partial charge in [-0.15, -0.1) is 0 Å². The molecule has 11 heteroatoms. The Bertz CT molecular complexity index is 1370. The summed E-state index contributed by atoms with van der Waals surface area (Å²) in [6.45, 7) is 0.332. The average Bonchev–Trinajstić information content (AvgIpc) is 3.28. The number of likely N-dealkylation sites (tertiary alicyclic amines) is 1. The van der Waals surface area contributed by atoms with Crippen molar-refractivity contribution in [2.24, 2.45) is 12.1 Å². The van der Waals surface area contributed by atoms with E-state index in [9.17, 15) is 22.8 Å². The molecule has 2 amide bonds. The molecular weight excluding hydrogens is 463 g/mol. The van der Waals surface area contributed by atoms with Gasteiger partial charge in [-0.2, -0.15) is 5.10 Å². The third-order valence-electron chi connectivity index (χ3n) is 5.93. The van der Waals surface area contributed by atoms with Gasteiger partial charge in [0.2, 0.25) is 0 Å². The number of rotatable bonds is 4. The smallest absolute Gasteiger partial charge is 0.341 e. The molecule has 8 nitrogen and oxygen atoms in total. The van der Waals surface area contributed by atoms with E-state index in [0.29, 0.717) is 17.5 Å². The van der Waals surface area contributed by atoms with Gasteiger partial charge in [0.15, 0.2) is 11.6 Å². The molecule has 2 aliphatic heterocycles. The summed E-state index contributed by atoms with van der Waals surface area (Å²) >= 11 is 0. The van der Waals surface area contributed by atoms with Crippen LogP contribution in [0, 0.1) is 17.5 Å². The van der Waals surface area contributed by atoms with E-state index in [1.807, 2.05) is 0 Å². The van der Waals surface area contributed by atoms with Gasteiger partial charge in [-0.05, 0) is 29.8 Å². The quantitative estimate of drug-likeness (QED) is 0.569. The van der Waals surface area contributed by atoms with Crippen molar-refractivity contribution in [1.29, 1.82) is 0 Å². The Hall–Kier alpha value is -4.15. The van der Waals surface area contributed by atoms with E-state index >= 15 is 0 Å². The topological polar surface area (TPSA) is 80.0 Å². The number of halogens is 3. The minimum Gasteiger partial charge on any atom is -0.483 e. The number of hydrazone groups is 1. The maximum absolute atomic E-state index is 14.4. The fourth-order valence-corrected chi connectivity index (χ4v) is 4.09. The van der Waals surface area contributed by atoms with E-state index in [-0.39, 0.29) is 30.1 Å². The minimum absolute atomic E-state index is 0.0784.